The quantitative estimate of drug-likeness (QED) is 0.211. The second-order valence-corrected chi connectivity index (χ2v) is 8.22. The van der Waals surface area contributed by atoms with Crippen LogP contribution in [-0.2, 0) is 0 Å². The van der Waals surface area contributed by atoms with Gasteiger partial charge in [-0.25, -0.2) is 4.99 Å². The Morgan fingerprint density at radius 1 is 0.676 bits per heavy atom. The van der Waals surface area contributed by atoms with Gasteiger partial charge < -0.3 is 16.8 Å². The predicted octanol–water partition coefficient (Wildman–Crippen LogP) is 5.70. The van der Waals surface area contributed by atoms with Crippen molar-refractivity contribution in [3.8, 4) is 11.1 Å². The highest BCUT2D eigenvalue weighted by Gasteiger charge is 2.19. The van der Waals surface area contributed by atoms with E-state index in [0.29, 0.717) is 5.84 Å². The minimum Gasteiger partial charge on any atom is -0.399 e. The molecule has 1 heterocycles. The molecule has 34 heavy (non-hydrogen) atoms. The molecule has 0 radical (unpaired) electrons. The summed E-state index contributed by atoms with van der Waals surface area (Å²) in [5.74, 6) is 0.481. The zero-order chi connectivity index (χ0) is 23.3. The molecule has 0 aliphatic carbocycles. The highest BCUT2D eigenvalue weighted by molar-refractivity contribution is 5.99. The molecule has 0 fully saturated rings. The van der Waals surface area contributed by atoms with Gasteiger partial charge in [0.25, 0.3) is 0 Å². The number of anilines is 1. The van der Waals surface area contributed by atoms with Gasteiger partial charge in [-0.2, -0.15) is 0 Å². The molecule has 4 aromatic carbocycles. The van der Waals surface area contributed by atoms with Gasteiger partial charge in [0.2, 0.25) is 0 Å². The number of nitrogen functional groups attached to an aromatic ring is 1. The van der Waals surface area contributed by atoms with Crippen LogP contribution in [0.1, 0.15) is 16.7 Å². The molecule has 1 aliphatic heterocycles. The molecule has 5 N–H and O–H groups in total. The molecule has 1 atom stereocenters. The molecule has 0 bridgehead atoms. The van der Waals surface area contributed by atoms with Gasteiger partial charge in [-0.1, -0.05) is 97.1 Å². The Kier molecular flexibility index (Phi) is 5.95. The summed E-state index contributed by atoms with van der Waals surface area (Å²) in [6, 6.07) is 36.5. The second-order valence-electron chi connectivity index (χ2n) is 8.22. The fourth-order valence-corrected chi connectivity index (χ4v) is 4.09. The lowest BCUT2D eigenvalue weighted by atomic mass is 9.95. The van der Waals surface area contributed by atoms with Crippen molar-refractivity contribution in [2.45, 2.75) is 6.17 Å². The number of allylic oxidation sites excluding steroid dienone is 2. The number of hydrogen-bond acceptors (Lipinski definition) is 3. The van der Waals surface area contributed by atoms with Crippen LogP contribution in [-0.4, -0.2) is 12.0 Å². The zero-order valence-corrected chi connectivity index (χ0v) is 18.7. The van der Waals surface area contributed by atoms with E-state index < -0.39 is 0 Å². The van der Waals surface area contributed by atoms with Gasteiger partial charge in [-0.05, 0) is 46.0 Å². The minimum absolute atomic E-state index is 0.288. The van der Waals surface area contributed by atoms with Crippen LogP contribution < -0.4 is 16.8 Å². The topological polar surface area (TPSA) is 76.4 Å². The normalized spacial score (nSPS) is 15.8. The molecule has 0 saturated carbocycles. The first-order valence-corrected chi connectivity index (χ1v) is 11.3. The smallest absolute Gasteiger partial charge is 0.147 e. The van der Waals surface area contributed by atoms with Gasteiger partial charge in [0, 0.05) is 23.0 Å². The lowest BCUT2D eigenvalue weighted by Gasteiger charge is -2.24. The van der Waals surface area contributed by atoms with E-state index in [9.17, 15) is 0 Å². The molecule has 0 amide bonds. The predicted molar refractivity (Wildman–Crippen MR) is 143 cm³/mol. The van der Waals surface area contributed by atoms with E-state index in [4.69, 9.17) is 16.5 Å². The molecule has 4 nitrogen and oxygen atoms in total. The van der Waals surface area contributed by atoms with Gasteiger partial charge in [0.05, 0.1) is 0 Å². The highest BCUT2D eigenvalue weighted by Crippen LogP contribution is 2.29. The van der Waals surface area contributed by atoms with Crippen LogP contribution in [0.4, 0.5) is 5.69 Å². The maximum Gasteiger partial charge on any atom is 0.147 e. The number of nitrogens with one attached hydrogen (secondary N) is 1. The highest BCUT2D eigenvalue weighted by atomic mass is 15.1. The third kappa shape index (κ3) is 4.62. The number of aliphatic imine (C=N–C) groups is 1. The number of dihydropyridines is 1. The van der Waals surface area contributed by atoms with Crippen molar-refractivity contribution in [1.82, 2.24) is 5.32 Å². The molecule has 4 heteroatoms. The van der Waals surface area contributed by atoms with E-state index in [2.05, 4.69) is 35.7 Å². The molecule has 1 aliphatic rings. The SMILES string of the molecule is NC(=NC1NC=C(c2ccccc2)C=C1c1ccccc1)c1ccc(-c2cccc(N)c2)cc1. The van der Waals surface area contributed by atoms with E-state index >= 15 is 0 Å². The minimum atomic E-state index is -0.288. The van der Waals surface area contributed by atoms with Crippen LogP contribution in [0, 0.1) is 0 Å². The standard InChI is InChI=1S/C30H26N4/c31-27-13-7-12-25(18-27)22-14-16-24(17-15-22)29(32)34-30-28(23-10-5-2-6-11-23)19-26(20-33-30)21-8-3-1-4-9-21/h1-20,30,33H,31H2,(H2,32,34). The van der Waals surface area contributed by atoms with Gasteiger partial charge in [-0.15, -0.1) is 0 Å². The average molecular weight is 443 g/mol. The van der Waals surface area contributed by atoms with Crippen molar-refractivity contribution in [3.63, 3.8) is 0 Å². The summed E-state index contributed by atoms with van der Waals surface area (Å²) in [4.78, 5) is 4.86. The van der Waals surface area contributed by atoms with Crippen LogP contribution in [0.25, 0.3) is 22.3 Å². The van der Waals surface area contributed by atoms with Gasteiger partial charge in [0.1, 0.15) is 12.0 Å². The van der Waals surface area contributed by atoms with Crippen molar-refractivity contribution in [2.24, 2.45) is 10.7 Å². The molecule has 0 aromatic heterocycles. The summed E-state index contributed by atoms with van der Waals surface area (Å²) in [5, 5.41) is 3.45. The summed E-state index contributed by atoms with van der Waals surface area (Å²) in [6.07, 6.45) is 3.90. The fraction of sp³-hybridized carbons (Fsp3) is 0.0333. The van der Waals surface area contributed by atoms with Crippen LogP contribution in [0.5, 0.6) is 0 Å². The van der Waals surface area contributed by atoms with Crippen molar-refractivity contribution < 1.29 is 0 Å². The number of rotatable bonds is 5. The molecular weight excluding hydrogens is 416 g/mol. The Bertz CT molecular complexity index is 1370. The Morgan fingerprint density at radius 3 is 2.00 bits per heavy atom. The fourth-order valence-electron chi connectivity index (χ4n) is 4.09. The van der Waals surface area contributed by atoms with Gasteiger partial charge >= 0.3 is 0 Å². The zero-order valence-electron chi connectivity index (χ0n) is 18.7. The van der Waals surface area contributed by atoms with Crippen molar-refractivity contribution in [3.05, 3.63) is 138 Å². The van der Waals surface area contributed by atoms with E-state index in [0.717, 1.165) is 44.7 Å². The number of nitrogens with two attached hydrogens (primary N) is 2. The first-order valence-electron chi connectivity index (χ1n) is 11.3. The molecule has 4 aromatic rings. The summed E-state index contributed by atoms with van der Waals surface area (Å²) < 4.78 is 0. The summed E-state index contributed by atoms with van der Waals surface area (Å²) in [7, 11) is 0. The third-order valence-corrected chi connectivity index (χ3v) is 5.89. The summed E-state index contributed by atoms with van der Waals surface area (Å²) >= 11 is 0. The maximum absolute atomic E-state index is 6.47. The Morgan fingerprint density at radius 2 is 1.32 bits per heavy atom. The third-order valence-electron chi connectivity index (χ3n) is 5.89. The Hall–Kier alpha value is -4.57. The Labute approximate surface area is 200 Å². The Balaban J connectivity index is 1.44. The van der Waals surface area contributed by atoms with E-state index in [1.807, 2.05) is 91.1 Å². The molecule has 5 rings (SSSR count). The van der Waals surface area contributed by atoms with E-state index in [1.165, 1.54) is 0 Å². The van der Waals surface area contributed by atoms with Crippen LogP contribution in [0.15, 0.2) is 126 Å². The van der Waals surface area contributed by atoms with Crippen LogP contribution in [0.2, 0.25) is 0 Å². The number of hydrogen-bond donors (Lipinski definition) is 3. The number of benzene rings is 4. The van der Waals surface area contributed by atoms with Gasteiger partial charge in [0.15, 0.2) is 0 Å². The lowest BCUT2D eigenvalue weighted by molar-refractivity contribution is 0.749. The number of nitrogens with zero attached hydrogens (tertiary/aromatic N) is 1. The lowest BCUT2D eigenvalue weighted by Crippen LogP contribution is -2.30. The molecular formula is C30H26N4. The van der Waals surface area contributed by atoms with Gasteiger partial charge in [-0.3, -0.25) is 0 Å². The van der Waals surface area contributed by atoms with Crippen LogP contribution in [0.3, 0.4) is 0 Å². The van der Waals surface area contributed by atoms with Crippen molar-refractivity contribution in [2.75, 3.05) is 5.73 Å². The molecule has 0 saturated heterocycles. The molecule has 1 unspecified atom stereocenters. The monoisotopic (exact) mass is 442 g/mol. The second kappa shape index (κ2) is 9.51. The maximum atomic E-state index is 6.47. The molecule has 166 valence electrons. The summed E-state index contributed by atoms with van der Waals surface area (Å²) in [6.45, 7) is 0. The van der Waals surface area contributed by atoms with Crippen LogP contribution >= 0.6 is 0 Å². The van der Waals surface area contributed by atoms with E-state index in [-0.39, 0.29) is 6.17 Å². The first-order chi connectivity index (χ1) is 16.7. The van der Waals surface area contributed by atoms with Crippen molar-refractivity contribution >= 4 is 22.7 Å². The molecule has 0 spiro atoms. The van der Waals surface area contributed by atoms with E-state index in [1.54, 1.807) is 0 Å². The first kappa shape index (κ1) is 21.3. The average Bonchev–Trinajstić information content (AvgIpc) is 2.90. The van der Waals surface area contributed by atoms with Crippen molar-refractivity contribution in [1.29, 1.82) is 0 Å². The largest absolute Gasteiger partial charge is 0.399 e. The number of amidine groups is 1. The summed E-state index contributed by atoms with van der Waals surface area (Å²) in [5.41, 5.74) is 20.6.